The van der Waals surface area contributed by atoms with Crippen LogP contribution in [0.4, 0.5) is 17.2 Å². The normalized spacial score (nSPS) is 23.0. The number of piperidine rings is 1. The Balaban J connectivity index is 0.701. The Morgan fingerprint density at radius 2 is 1.60 bits per heavy atom. The molecule has 7 amide bonds. The van der Waals surface area contributed by atoms with Crippen LogP contribution in [-0.4, -0.2) is 108 Å². The molecule has 4 atom stereocenters. The van der Waals surface area contributed by atoms with E-state index in [1.807, 2.05) is 18.2 Å². The summed E-state index contributed by atoms with van der Waals surface area (Å²) in [6.07, 6.45) is 5.74. The third kappa shape index (κ3) is 7.43. The maximum Gasteiger partial charge on any atom is 0.264 e. The Kier molecular flexibility index (Phi) is 11.8. The number of ether oxygens (including phenoxy) is 2. The zero-order chi connectivity index (χ0) is 46.6. The summed E-state index contributed by atoms with van der Waals surface area (Å²) < 4.78 is 11.3. The van der Waals surface area contributed by atoms with Gasteiger partial charge in [0.25, 0.3) is 17.7 Å². The second-order valence-electron chi connectivity index (χ2n) is 17.6. The molecule has 3 fully saturated rings. The summed E-state index contributed by atoms with van der Waals surface area (Å²) >= 11 is 13.8. The summed E-state index contributed by atoms with van der Waals surface area (Å²) in [5.74, 6) is -3.57. The molecule has 4 aromatic rings. The second-order valence-corrected chi connectivity index (χ2v) is 18.4. The molecule has 5 heterocycles. The van der Waals surface area contributed by atoms with Crippen molar-refractivity contribution in [3.05, 3.63) is 105 Å². The fourth-order valence-corrected chi connectivity index (χ4v) is 11.7. The number of hydrogen-bond acceptors (Lipinski definition) is 12. The Bertz CT molecular complexity index is 2760. The van der Waals surface area contributed by atoms with E-state index in [-0.39, 0.29) is 86.0 Å². The number of carbonyl (C=O) groups is 7. The van der Waals surface area contributed by atoms with Gasteiger partial charge < -0.3 is 30.7 Å². The Hall–Kier alpha value is -6.24. The van der Waals surface area contributed by atoms with Gasteiger partial charge in [-0.05, 0) is 72.9 Å². The topological polar surface area (TPSA) is 226 Å². The van der Waals surface area contributed by atoms with Crippen LogP contribution >= 0.6 is 23.2 Å². The minimum atomic E-state index is -1.10. The van der Waals surface area contributed by atoms with E-state index in [0.717, 1.165) is 40.9 Å². The molecular weight excluding hydrogens is 903 g/mol. The summed E-state index contributed by atoms with van der Waals surface area (Å²) in [5, 5.41) is 18.9. The van der Waals surface area contributed by atoms with Gasteiger partial charge in [-0.15, -0.1) is 0 Å². The Labute approximate surface area is 394 Å². The third-order valence-corrected chi connectivity index (χ3v) is 14.6. The molecule has 2 spiro atoms. The smallest absolute Gasteiger partial charge is 0.264 e. The fraction of sp³-hybridized carbons (Fsp3) is 0.375. The van der Waals surface area contributed by atoms with Crippen LogP contribution in [0, 0.1) is 0 Å². The van der Waals surface area contributed by atoms with Gasteiger partial charge in [0, 0.05) is 64.7 Å². The molecule has 67 heavy (non-hydrogen) atoms. The largest absolute Gasteiger partial charge is 0.382 e. The summed E-state index contributed by atoms with van der Waals surface area (Å²) in [4.78, 5) is 97.9. The van der Waals surface area contributed by atoms with Crippen LogP contribution in [-0.2, 0) is 34.1 Å². The number of carbonyl (C=O) groups excluding carboxylic acids is 7. The van der Waals surface area contributed by atoms with Gasteiger partial charge in [0.05, 0.1) is 54.2 Å². The molecule has 2 aliphatic carbocycles. The summed E-state index contributed by atoms with van der Waals surface area (Å²) in [7, 11) is 0. The van der Waals surface area contributed by atoms with Gasteiger partial charge in [-0.2, -0.15) is 0 Å². The maximum absolute atomic E-state index is 14.6. The summed E-state index contributed by atoms with van der Waals surface area (Å²) in [6.45, 7) is 1.52. The van der Waals surface area contributed by atoms with E-state index in [1.165, 1.54) is 12.3 Å². The quantitative estimate of drug-likeness (QED) is 0.0731. The molecular formula is C48H46Cl2N8O9. The average molecular weight is 950 g/mol. The minimum Gasteiger partial charge on any atom is -0.382 e. The monoisotopic (exact) mass is 948 g/mol. The number of hydrogen-bond donors (Lipinski definition) is 6. The van der Waals surface area contributed by atoms with Gasteiger partial charge in [-0.3, -0.25) is 49.1 Å². The van der Waals surface area contributed by atoms with Gasteiger partial charge in [-0.1, -0.05) is 60.7 Å². The second kappa shape index (κ2) is 17.8. The molecule has 6 aliphatic rings. The maximum atomic E-state index is 14.6. The number of aromatic nitrogens is 1. The van der Waals surface area contributed by atoms with Crippen LogP contribution in [0.1, 0.15) is 93.1 Å². The minimum absolute atomic E-state index is 0.0370. The van der Waals surface area contributed by atoms with Gasteiger partial charge in [0.2, 0.25) is 23.6 Å². The molecule has 17 nitrogen and oxygen atoms in total. The lowest BCUT2D eigenvalue weighted by atomic mass is 9.56. The zero-order valence-electron chi connectivity index (χ0n) is 36.1. The highest BCUT2D eigenvalue weighted by Crippen LogP contribution is 2.66. The highest BCUT2D eigenvalue weighted by atomic mass is 35.5. The number of imide groups is 2. The SMILES string of the molecule is O=C1CCC(N2C(=O)c3cccc(NCCOCCOCCNC(=O)c4ccc(NC(=O)[C@@H]5NC6(CCCCC6)[C@]67C(=O)Nc8cc(Cl)c(cc86)-c6c(Cl)cccc6[C@@H]57)nc4)c3C2=O)C(=O)N1. The van der Waals surface area contributed by atoms with Crippen molar-refractivity contribution >= 4 is 81.7 Å². The van der Waals surface area contributed by atoms with Crippen LogP contribution in [0.15, 0.2) is 66.9 Å². The van der Waals surface area contributed by atoms with Crippen LogP contribution in [0.3, 0.4) is 0 Å². The van der Waals surface area contributed by atoms with E-state index >= 15 is 0 Å². The first-order valence-electron chi connectivity index (χ1n) is 22.4. The van der Waals surface area contributed by atoms with Crippen molar-refractivity contribution < 1.29 is 43.0 Å². The van der Waals surface area contributed by atoms with Gasteiger partial charge >= 0.3 is 0 Å². The van der Waals surface area contributed by atoms with Gasteiger partial charge in [0.1, 0.15) is 17.3 Å². The van der Waals surface area contributed by atoms with Crippen molar-refractivity contribution in [2.24, 2.45) is 0 Å². The number of anilines is 3. The number of benzene rings is 3. The number of pyridine rings is 1. The van der Waals surface area contributed by atoms with Crippen molar-refractivity contribution in [2.45, 2.75) is 73.9 Å². The number of halogens is 2. The average Bonchev–Trinajstić information content (AvgIpc) is 3.83. The van der Waals surface area contributed by atoms with Gasteiger partial charge in [0.15, 0.2) is 0 Å². The van der Waals surface area contributed by atoms with E-state index in [4.69, 9.17) is 32.7 Å². The van der Waals surface area contributed by atoms with Crippen LogP contribution < -0.4 is 31.9 Å². The number of nitrogens with zero attached hydrogens (tertiary/aromatic N) is 2. The van der Waals surface area contributed by atoms with E-state index in [0.29, 0.717) is 46.4 Å². The zero-order valence-corrected chi connectivity index (χ0v) is 37.6. The molecule has 1 saturated carbocycles. The van der Waals surface area contributed by atoms with Crippen molar-refractivity contribution in [3.8, 4) is 11.1 Å². The lowest BCUT2D eigenvalue weighted by Gasteiger charge is -2.46. The van der Waals surface area contributed by atoms with Crippen molar-refractivity contribution in [1.82, 2.24) is 25.8 Å². The third-order valence-electron chi connectivity index (χ3n) is 14.0. The molecule has 0 radical (unpaired) electrons. The van der Waals surface area contributed by atoms with E-state index < -0.39 is 52.6 Å². The van der Waals surface area contributed by atoms with Crippen LogP contribution in [0.2, 0.25) is 10.0 Å². The number of fused-ring (bicyclic) bond motifs is 5. The molecule has 2 bridgehead atoms. The van der Waals surface area contributed by atoms with E-state index in [1.54, 1.807) is 36.4 Å². The fourth-order valence-electron chi connectivity index (χ4n) is 11.2. The number of rotatable bonds is 14. The summed E-state index contributed by atoms with van der Waals surface area (Å²) in [6, 6.07) is 15.5. The van der Waals surface area contributed by atoms with Gasteiger partial charge in [-0.25, -0.2) is 4.98 Å². The Morgan fingerprint density at radius 1 is 0.821 bits per heavy atom. The molecule has 6 N–H and O–H groups in total. The first kappa shape index (κ1) is 44.6. The number of amides is 7. The first-order chi connectivity index (χ1) is 32.4. The lowest BCUT2D eigenvalue weighted by Crippen LogP contribution is -2.60. The molecule has 4 aliphatic heterocycles. The first-order valence-corrected chi connectivity index (χ1v) is 23.2. The molecule has 1 aromatic heterocycles. The predicted molar refractivity (Wildman–Crippen MR) is 246 cm³/mol. The van der Waals surface area contributed by atoms with Crippen molar-refractivity contribution in [3.63, 3.8) is 0 Å². The standard InChI is InChI=1S/C48H46Cl2N8O9/c49-30-8-4-6-26-37(30)28-22-29-33(23-31(28)50)54-46(65)48(29)39(26)40(57-47(48)14-2-1-3-15-47)43(62)55-35-12-10-25(24-53-35)41(60)52-17-19-67-21-20-66-18-16-51-32-9-5-7-27-38(32)45(64)58(44(27)63)34-11-13-36(59)56-42(34)61/h4-10,12,22-24,34,39-40,51,57H,1-3,11,13-21H2,(H,52,60)(H,54,65)(H,53,55,62)(H,56,59,61)/t34?,39-,40+,48+/m0/s1. The predicted octanol–water partition coefficient (Wildman–Crippen LogP) is 4.93. The molecule has 10 rings (SSSR count). The summed E-state index contributed by atoms with van der Waals surface area (Å²) in [5.41, 5.74) is 2.94. The Morgan fingerprint density at radius 3 is 2.36 bits per heavy atom. The molecule has 3 aromatic carbocycles. The van der Waals surface area contributed by atoms with Crippen molar-refractivity contribution in [2.75, 3.05) is 55.5 Å². The molecule has 346 valence electrons. The highest BCUT2D eigenvalue weighted by molar-refractivity contribution is 6.37. The van der Waals surface area contributed by atoms with E-state index in [9.17, 15) is 33.6 Å². The number of nitrogens with one attached hydrogen (secondary N) is 6. The molecule has 19 heteroatoms. The van der Waals surface area contributed by atoms with Crippen LogP contribution in [0.5, 0.6) is 0 Å². The molecule has 1 unspecified atom stereocenters. The van der Waals surface area contributed by atoms with Crippen LogP contribution in [0.25, 0.3) is 11.1 Å². The lowest BCUT2D eigenvalue weighted by molar-refractivity contribution is -0.136. The molecule has 2 saturated heterocycles. The van der Waals surface area contributed by atoms with E-state index in [2.05, 4.69) is 36.9 Å². The van der Waals surface area contributed by atoms with Crippen molar-refractivity contribution in [1.29, 1.82) is 0 Å². The highest BCUT2D eigenvalue weighted by Gasteiger charge is 2.73.